The Bertz CT molecular complexity index is 1720. The fourth-order valence-corrected chi connectivity index (χ4v) is 6.86. The summed E-state index contributed by atoms with van der Waals surface area (Å²) in [5.74, 6) is -0.831. The minimum Gasteiger partial charge on any atom is -0.352 e. The van der Waals surface area contributed by atoms with Gasteiger partial charge in [0, 0.05) is 24.0 Å². The van der Waals surface area contributed by atoms with Crippen LogP contribution in [-0.4, -0.2) is 43.8 Å². The van der Waals surface area contributed by atoms with Crippen molar-refractivity contribution in [3.8, 4) is 0 Å². The van der Waals surface area contributed by atoms with E-state index in [1.165, 1.54) is 17.0 Å². The predicted octanol–water partition coefficient (Wildman–Crippen LogP) is 6.71. The zero-order chi connectivity index (χ0) is 32.6. The molecule has 1 N–H and O–H groups in total. The number of nitrogens with zero attached hydrogens (tertiary/aromatic N) is 2. The van der Waals surface area contributed by atoms with Gasteiger partial charge >= 0.3 is 0 Å². The van der Waals surface area contributed by atoms with Gasteiger partial charge in [-0.3, -0.25) is 13.9 Å². The minimum atomic E-state index is -4.16. The molecule has 0 aliphatic carbocycles. The second-order valence-electron chi connectivity index (χ2n) is 11.3. The SMILES string of the molecule is CC[C@H](C)NC(=O)[C@H](Cc1ccccc1)N(Cc1cccc(Cl)c1)C(=O)CN(c1ccc(C)cc1C)S(=O)(=O)c1ccccc1. The highest BCUT2D eigenvalue weighted by Crippen LogP contribution is 2.28. The van der Waals surface area contributed by atoms with Crippen LogP contribution in [0.3, 0.4) is 0 Å². The highest BCUT2D eigenvalue weighted by atomic mass is 35.5. The Hall–Kier alpha value is -4.14. The Morgan fingerprint density at radius 1 is 0.844 bits per heavy atom. The molecule has 0 radical (unpaired) electrons. The molecule has 0 spiro atoms. The summed E-state index contributed by atoms with van der Waals surface area (Å²) in [6.45, 7) is 7.17. The molecule has 45 heavy (non-hydrogen) atoms. The average molecular weight is 646 g/mol. The molecule has 7 nitrogen and oxygen atoms in total. The van der Waals surface area contributed by atoms with Crippen LogP contribution >= 0.6 is 11.6 Å². The van der Waals surface area contributed by atoms with Crippen molar-refractivity contribution in [2.45, 2.75) is 64.1 Å². The number of benzene rings is 4. The minimum absolute atomic E-state index is 0.0525. The third-order valence-corrected chi connectivity index (χ3v) is 9.75. The Balaban J connectivity index is 1.83. The lowest BCUT2D eigenvalue weighted by molar-refractivity contribution is -0.140. The number of hydrogen-bond donors (Lipinski definition) is 1. The van der Waals surface area contributed by atoms with E-state index in [1.807, 2.05) is 76.2 Å². The monoisotopic (exact) mass is 645 g/mol. The lowest BCUT2D eigenvalue weighted by atomic mass is 10.0. The number of rotatable bonds is 13. The van der Waals surface area contributed by atoms with Crippen molar-refractivity contribution in [2.24, 2.45) is 0 Å². The Labute approximate surface area is 271 Å². The summed E-state index contributed by atoms with van der Waals surface area (Å²) in [7, 11) is -4.16. The fourth-order valence-electron chi connectivity index (χ4n) is 5.15. The number of carbonyl (C=O) groups excluding carboxylic acids is 2. The molecule has 4 aromatic carbocycles. The zero-order valence-electron chi connectivity index (χ0n) is 26.1. The Morgan fingerprint density at radius 2 is 1.49 bits per heavy atom. The summed E-state index contributed by atoms with van der Waals surface area (Å²) in [6.07, 6.45) is 0.951. The molecule has 0 aliphatic heterocycles. The van der Waals surface area contributed by atoms with E-state index in [-0.39, 0.29) is 29.8 Å². The lowest BCUT2D eigenvalue weighted by Crippen LogP contribution is -2.54. The quantitative estimate of drug-likeness (QED) is 0.175. The molecule has 0 fully saturated rings. The molecule has 4 aromatic rings. The zero-order valence-corrected chi connectivity index (χ0v) is 27.7. The number of sulfonamides is 1. The van der Waals surface area contributed by atoms with E-state index in [1.54, 1.807) is 42.5 Å². The number of halogens is 1. The van der Waals surface area contributed by atoms with Crippen molar-refractivity contribution >= 4 is 39.1 Å². The second kappa shape index (κ2) is 15.2. The van der Waals surface area contributed by atoms with Gasteiger partial charge in [-0.2, -0.15) is 0 Å². The van der Waals surface area contributed by atoms with Gasteiger partial charge in [0.15, 0.2) is 0 Å². The van der Waals surface area contributed by atoms with Gasteiger partial charge in [-0.05, 0) is 74.2 Å². The second-order valence-corrected chi connectivity index (χ2v) is 13.6. The van der Waals surface area contributed by atoms with E-state index in [2.05, 4.69) is 5.32 Å². The number of anilines is 1. The summed E-state index contributed by atoms with van der Waals surface area (Å²) in [6, 6.07) is 29.0. The third-order valence-electron chi connectivity index (χ3n) is 7.75. The van der Waals surface area contributed by atoms with Crippen LogP contribution in [0.25, 0.3) is 0 Å². The average Bonchev–Trinajstić information content (AvgIpc) is 3.02. The highest BCUT2D eigenvalue weighted by molar-refractivity contribution is 7.92. The van der Waals surface area contributed by atoms with Crippen molar-refractivity contribution < 1.29 is 18.0 Å². The van der Waals surface area contributed by atoms with Gasteiger partial charge in [0.05, 0.1) is 10.6 Å². The molecule has 4 rings (SSSR count). The van der Waals surface area contributed by atoms with Crippen LogP contribution in [0.4, 0.5) is 5.69 Å². The van der Waals surface area contributed by atoms with Crippen LogP contribution in [0.15, 0.2) is 108 Å². The molecule has 0 heterocycles. The normalized spacial score (nSPS) is 12.6. The molecular formula is C36H40ClN3O4S. The molecule has 0 unspecified atom stereocenters. The first kappa shape index (κ1) is 33.7. The first-order chi connectivity index (χ1) is 21.5. The maximum atomic E-state index is 14.6. The lowest BCUT2D eigenvalue weighted by Gasteiger charge is -2.34. The van der Waals surface area contributed by atoms with Crippen LogP contribution in [0, 0.1) is 13.8 Å². The molecule has 0 saturated heterocycles. The van der Waals surface area contributed by atoms with Gasteiger partial charge in [0.25, 0.3) is 10.0 Å². The molecule has 0 saturated carbocycles. The van der Waals surface area contributed by atoms with Gasteiger partial charge in [0.1, 0.15) is 12.6 Å². The number of nitrogens with one attached hydrogen (secondary N) is 1. The number of carbonyl (C=O) groups is 2. The topological polar surface area (TPSA) is 86.8 Å². The molecule has 236 valence electrons. The van der Waals surface area contributed by atoms with E-state index < -0.39 is 28.5 Å². The van der Waals surface area contributed by atoms with Crippen molar-refractivity contribution in [1.82, 2.24) is 10.2 Å². The van der Waals surface area contributed by atoms with E-state index in [0.29, 0.717) is 28.3 Å². The van der Waals surface area contributed by atoms with Crippen molar-refractivity contribution in [2.75, 3.05) is 10.8 Å². The largest absolute Gasteiger partial charge is 0.352 e. The Kier molecular flexibility index (Phi) is 11.4. The molecule has 2 amide bonds. The first-order valence-corrected chi connectivity index (χ1v) is 16.8. The van der Waals surface area contributed by atoms with Gasteiger partial charge in [0.2, 0.25) is 11.8 Å². The predicted molar refractivity (Wildman–Crippen MR) is 181 cm³/mol. The Morgan fingerprint density at radius 3 is 2.11 bits per heavy atom. The first-order valence-electron chi connectivity index (χ1n) is 15.0. The van der Waals surface area contributed by atoms with Crippen LogP contribution in [0.1, 0.15) is 42.5 Å². The summed E-state index contributed by atoms with van der Waals surface area (Å²) in [4.78, 5) is 30.0. The molecular weight excluding hydrogens is 606 g/mol. The van der Waals surface area contributed by atoms with Crippen molar-refractivity contribution in [1.29, 1.82) is 0 Å². The van der Waals surface area contributed by atoms with Crippen LogP contribution in [0.2, 0.25) is 5.02 Å². The number of hydrogen-bond acceptors (Lipinski definition) is 4. The van der Waals surface area contributed by atoms with Gasteiger partial charge < -0.3 is 10.2 Å². The van der Waals surface area contributed by atoms with E-state index in [0.717, 1.165) is 15.4 Å². The van der Waals surface area contributed by atoms with E-state index >= 15 is 0 Å². The third kappa shape index (κ3) is 8.74. The summed E-state index contributed by atoms with van der Waals surface area (Å²) in [5, 5.41) is 3.54. The standard InChI is InChI=1S/C36H40ClN3O4S/c1-5-28(4)38-36(42)34(23-29-13-8-6-9-14-29)39(24-30-15-12-16-31(37)22-30)35(41)25-40(33-20-19-26(2)21-27(33)3)45(43,44)32-17-10-7-11-18-32/h6-22,28,34H,5,23-25H2,1-4H3,(H,38,42)/t28-,34-/m0/s1. The maximum absolute atomic E-state index is 14.6. The molecule has 0 bridgehead atoms. The van der Waals surface area contributed by atoms with Crippen molar-refractivity contribution in [3.05, 3.63) is 130 Å². The maximum Gasteiger partial charge on any atom is 0.264 e. The molecule has 2 atom stereocenters. The van der Waals surface area contributed by atoms with E-state index in [9.17, 15) is 18.0 Å². The van der Waals surface area contributed by atoms with Crippen LogP contribution < -0.4 is 9.62 Å². The highest BCUT2D eigenvalue weighted by Gasteiger charge is 2.35. The van der Waals surface area contributed by atoms with Gasteiger partial charge in [-0.1, -0.05) is 96.9 Å². The van der Waals surface area contributed by atoms with E-state index in [4.69, 9.17) is 11.6 Å². The van der Waals surface area contributed by atoms with Gasteiger partial charge in [-0.25, -0.2) is 8.42 Å². The van der Waals surface area contributed by atoms with Crippen molar-refractivity contribution in [3.63, 3.8) is 0 Å². The summed E-state index contributed by atoms with van der Waals surface area (Å²) in [5.41, 5.74) is 3.65. The smallest absolute Gasteiger partial charge is 0.264 e. The number of aryl methyl sites for hydroxylation is 2. The molecule has 0 aliphatic rings. The summed E-state index contributed by atoms with van der Waals surface area (Å²) < 4.78 is 29.5. The number of amides is 2. The summed E-state index contributed by atoms with van der Waals surface area (Å²) >= 11 is 6.32. The van der Waals surface area contributed by atoms with Crippen LogP contribution in [-0.2, 0) is 32.6 Å². The molecule has 9 heteroatoms. The van der Waals surface area contributed by atoms with Crippen LogP contribution in [0.5, 0.6) is 0 Å². The van der Waals surface area contributed by atoms with Gasteiger partial charge in [-0.15, -0.1) is 0 Å². The molecule has 0 aromatic heterocycles. The fraction of sp³-hybridized carbons (Fsp3) is 0.278.